The maximum Gasteiger partial charge on any atom is 0.0711 e. The molecule has 0 atom stereocenters. The Morgan fingerprint density at radius 3 is 3.00 bits per heavy atom. The van der Waals surface area contributed by atoms with E-state index in [2.05, 4.69) is 22.0 Å². The number of hydrogen-bond acceptors (Lipinski definition) is 2. The molecular formula is C10H5BrClNS. The summed E-state index contributed by atoms with van der Waals surface area (Å²) in [4.78, 5) is 0. The smallest absolute Gasteiger partial charge is 0.0711 e. The minimum absolute atomic E-state index is 0.363. The van der Waals surface area contributed by atoms with E-state index in [1.54, 1.807) is 11.3 Å². The van der Waals surface area contributed by atoms with E-state index in [0.717, 1.165) is 19.4 Å². The molecule has 0 amide bonds. The number of hydrogen-bond donors (Lipinski definition) is 0. The van der Waals surface area contributed by atoms with Crippen LogP contribution in [0.1, 0.15) is 5.56 Å². The SMILES string of the molecule is N#CCc1ccc2sc(Br)cc2c1Cl. The minimum Gasteiger partial charge on any atom is -0.198 e. The van der Waals surface area contributed by atoms with Crippen molar-refractivity contribution in [3.8, 4) is 6.07 Å². The topological polar surface area (TPSA) is 23.8 Å². The van der Waals surface area contributed by atoms with E-state index in [1.165, 1.54) is 0 Å². The first-order valence-corrected chi connectivity index (χ1v) is 5.94. The minimum atomic E-state index is 0.363. The van der Waals surface area contributed by atoms with Gasteiger partial charge in [-0.05, 0) is 33.6 Å². The molecule has 0 fully saturated rings. The van der Waals surface area contributed by atoms with Crippen molar-refractivity contribution in [2.75, 3.05) is 0 Å². The van der Waals surface area contributed by atoms with Crippen LogP contribution in [0.25, 0.3) is 10.1 Å². The number of nitrogens with zero attached hydrogens (tertiary/aromatic N) is 1. The van der Waals surface area contributed by atoms with Crippen molar-refractivity contribution in [3.05, 3.63) is 32.6 Å². The van der Waals surface area contributed by atoms with E-state index in [4.69, 9.17) is 16.9 Å². The van der Waals surface area contributed by atoms with Gasteiger partial charge < -0.3 is 0 Å². The second kappa shape index (κ2) is 3.90. The molecule has 1 aromatic carbocycles. The summed E-state index contributed by atoms with van der Waals surface area (Å²) in [7, 11) is 0. The summed E-state index contributed by atoms with van der Waals surface area (Å²) < 4.78 is 2.20. The highest BCUT2D eigenvalue weighted by Crippen LogP contribution is 2.35. The molecule has 70 valence electrons. The Morgan fingerprint density at radius 2 is 2.29 bits per heavy atom. The lowest BCUT2D eigenvalue weighted by molar-refractivity contribution is 1.27. The Bertz CT molecular complexity index is 527. The fraction of sp³-hybridized carbons (Fsp3) is 0.100. The van der Waals surface area contributed by atoms with Crippen LogP contribution in [0.3, 0.4) is 0 Å². The Balaban J connectivity index is 2.69. The third-order valence-corrected chi connectivity index (χ3v) is 4.00. The largest absolute Gasteiger partial charge is 0.198 e. The number of nitriles is 1. The molecule has 1 heterocycles. The first kappa shape index (κ1) is 9.97. The summed E-state index contributed by atoms with van der Waals surface area (Å²) in [5.74, 6) is 0. The van der Waals surface area contributed by atoms with Crippen LogP contribution in [0.15, 0.2) is 22.0 Å². The molecular weight excluding hydrogens is 282 g/mol. The van der Waals surface area contributed by atoms with Gasteiger partial charge in [-0.15, -0.1) is 11.3 Å². The number of benzene rings is 1. The molecule has 0 aliphatic rings. The van der Waals surface area contributed by atoms with Crippen LogP contribution in [-0.2, 0) is 6.42 Å². The zero-order valence-electron chi connectivity index (χ0n) is 7.05. The van der Waals surface area contributed by atoms with E-state index in [9.17, 15) is 0 Å². The highest BCUT2D eigenvalue weighted by atomic mass is 79.9. The molecule has 0 radical (unpaired) electrons. The Labute approximate surface area is 99.0 Å². The third-order valence-electron chi connectivity index (χ3n) is 1.95. The molecule has 0 aliphatic carbocycles. The summed E-state index contributed by atoms with van der Waals surface area (Å²) >= 11 is 11.2. The molecule has 0 saturated carbocycles. The van der Waals surface area contributed by atoms with Crippen molar-refractivity contribution in [3.63, 3.8) is 0 Å². The zero-order chi connectivity index (χ0) is 10.1. The van der Waals surface area contributed by atoms with E-state index < -0.39 is 0 Å². The van der Waals surface area contributed by atoms with Gasteiger partial charge in [0.15, 0.2) is 0 Å². The lowest BCUT2D eigenvalue weighted by Crippen LogP contribution is -1.82. The quantitative estimate of drug-likeness (QED) is 0.763. The van der Waals surface area contributed by atoms with E-state index in [0.29, 0.717) is 11.4 Å². The molecule has 14 heavy (non-hydrogen) atoms. The molecule has 0 aliphatic heterocycles. The van der Waals surface area contributed by atoms with Gasteiger partial charge in [-0.3, -0.25) is 0 Å². The van der Waals surface area contributed by atoms with Crippen LogP contribution in [0.2, 0.25) is 5.02 Å². The standard InChI is InChI=1S/C10H5BrClNS/c11-9-5-7-8(14-9)2-1-6(3-4-13)10(7)12/h1-2,5H,3H2. The van der Waals surface area contributed by atoms with Gasteiger partial charge >= 0.3 is 0 Å². The second-order valence-electron chi connectivity index (χ2n) is 2.84. The van der Waals surface area contributed by atoms with Gasteiger partial charge in [-0.2, -0.15) is 5.26 Å². The molecule has 1 aromatic heterocycles. The van der Waals surface area contributed by atoms with Gasteiger partial charge in [-0.1, -0.05) is 17.7 Å². The van der Waals surface area contributed by atoms with Crippen LogP contribution >= 0.6 is 38.9 Å². The maximum atomic E-state index is 8.61. The van der Waals surface area contributed by atoms with Crippen LogP contribution in [-0.4, -0.2) is 0 Å². The van der Waals surface area contributed by atoms with E-state index in [1.807, 2.05) is 18.2 Å². The molecule has 2 rings (SSSR count). The number of fused-ring (bicyclic) bond motifs is 1. The normalized spacial score (nSPS) is 10.4. The van der Waals surface area contributed by atoms with Crippen molar-refractivity contribution in [1.29, 1.82) is 5.26 Å². The van der Waals surface area contributed by atoms with Crippen molar-refractivity contribution in [2.24, 2.45) is 0 Å². The molecule has 0 N–H and O–H groups in total. The van der Waals surface area contributed by atoms with Crippen LogP contribution in [0.5, 0.6) is 0 Å². The number of halogens is 2. The highest BCUT2D eigenvalue weighted by Gasteiger charge is 2.07. The van der Waals surface area contributed by atoms with Gasteiger partial charge in [0, 0.05) is 10.1 Å². The average Bonchev–Trinajstić information content (AvgIpc) is 2.52. The summed E-state index contributed by atoms with van der Waals surface area (Å²) in [6.45, 7) is 0. The highest BCUT2D eigenvalue weighted by molar-refractivity contribution is 9.11. The monoisotopic (exact) mass is 285 g/mol. The van der Waals surface area contributed by atoms with E-state index >= 15 is 0 Å². The van der Waals surface area contributed by atoms with Crippen LogP contribution < -0.4 is 0 Å². The molecule has 2 aromatic rings. The van der Waals surface area contributed by atoms with Crippen molar-refractivity contribution in [2.45, 2.75) is 6.42 Å². The molecule has 0 unspecified atom stereocenters. The van der Waals surface area contributed by atoms with Crippen molar-refractivity contribution >= 4 is 49.0 Å². The third kappa shape index (κ3) is 1.66. The summed E-state index contributed by atoms with van der Waals surface area (Å²) in [6.07, 6.45) is 0.363. The molecule has 0 bridgehead atoms. The van der Waals surface area contributed by atoms with Crippen LogP contribution in [0, 0.1) is 11.3 Å². The predicted octanol–water partition coefficient (Wildman–Crippen LogP) is 4.38. The van der Waals surface area contributed by atoms with E-state index in [-0.39, 0.29) is 0 Å². The Morgan fingerprint density at radius 1 is 1.50 bits per heavy atom. The summed E-state index contributed by atoms with van der Waals surface area (Å²) in [6, 6.07) is 8.01. The van der Waals surface area contributed by atoms with Gasteiger partial charge in [0.25, 0.3) is 0 Å². The van der Waals surface area contributed by atoms with Gasteiger partial charge in [0.05, 0.1) is 21.3 Å². The van der Waals surface area contributed by atoms with Crippen molar-refractivity contribution < 1.29 is 0 Å². The van der Waals surface area contributed by atoms with Gasteiger partial charge in [-0.25, -0.2) is 0 Å². The zero-order valence-corrected chi connectivity index (χ0v) is 10.2. The first-order chi connectivity index (χ1) is 6.72. The van der Waals surface area contributed by atoms with Gasteiger partial charge in [0.2, 0.25) is 0 Å². The molecule has 0 spiro atoms. The van der Waals surface area contributed by atoms with Crippen LogP contribution in [0.4, 0.5) is 0 Å². The fourth-order valence-corrected chi connectivity index (χ4v) is 3.20. The molecule has 4 heteroatoms. The fourth-order valence-electron chi connectivity index (χ4n) is 1.31. The first-order valence-electron chi connectivity index (χ1n) is 3.95. The lowest BCUT2D eigenvalue weighted by Gasteiger charge is -1.99. The number of thiophene rings is 1. The van der Waals surface area contributed by atoms with Crippen molar-refractivity contribution in [1.82, 2.24) is 0 Å². The summed E-state index contributed by atoms with van der Waals surface area (Å²) in [5.41, 5.74) is 0.895. The molecule has 1 nitrogen and oxygen atoms in total. The molecule has 0 saturated heterocycles. The van der Waals surface area contributed by atoms with Gasteiger partial charge in [0.1, 0.15) is 0 Å². The number of rotatable bonds is 1. The predicted molar refractivity (Wildman–Crippen MR) is 63.9 cm³/mol. The Kier molecular flexibility index (Phi) is 2.78. The average molecular weight is 287 g/mol. The summed E-state index contributed by atoms with van der Waals surface area (Å²) in [5, 5.41) is 10.3. The lowest BCUT2D eigenvalue weighted by atomic mass is 10.1. The second-order valence-corrected chi connectivity index (χ2v) is 5.68. The Hall–Kier alpha value is -0.560. The maximum absolute atomic E-state index is 8.61.